The van der Waals surface area contributed by atoms with Crippen LogP contribution in [0.5, 0.6) is 0 Å². The number of rotatable bonds is 4. The van der Waals surface area contributed by atoms with E-state index in [9.17, 15) is 13.2 Å². The van der Waals surface area contributed by atoms with Gasteiger partial charge in [0.25, 0.3) is 0 Å². The number of hydrogen-bond acceptors (Lipinski definition) is 3. The van der Waals surface area contributed by atoms with Gasteiger partial charge in [-0.3, -0.25) is 4.79 Å². The molecule has 0 aliphatic carbocycles. The van der Waals surface area contributed by atoms with E-state index >= 15 is 0 Å². The predicted octanol–water partition coefficient (Wildman–Crippen LogP) is 2.24. The van der Waals surface area contributed by atoms with Crippen molar-refractivity contribution in [3.63, 3.8) is 0 Å². The van der Waals surface area contributed by atoms with Crippen molar-refractivity contribution in [1.82, 2.24) is 9.21 Å². The van der Waals surface area contributed by atoms with Crippen molar-refractivity contribution >= 4 is 15.9 Å². The SMILES string of the molecule is CCCC(=O)N1CCN(S(=O)(=O)c2cc(C)c(C)cc2C)CC1. The van der Waals surface area contributed by atoms with Crippen LogP contribution in [0.4, 0.5) is 0 Å². The Kier molecular flexibility index (Phi) is 5.47. The first-order valence-corrected chi connectivity index (χ1v) is 9.57. The van der Waals surface area contributed by atoms with Crippen LogP contribution in [0.2, 0.25) is 0 Å². The van der Waals surface area contributed by atoms with Gasteiger partial charge in [0.1, 0.15) is 0 Å². The normalized spacial score (nSPS) is 16.6. The summed E-state index contributed by atoms with van der Waals surface area (Å²) in [7, 11) is -3.50. The van der Waals surface area contributed by atoms with Gasteiger partial charge in [-0.15, -0.1) is 0 Å². The van der Waals surface area contributed by atoms with Crippen molar-refractivity contribution in [1.29, 1.82) is 0 Å². The third-order valence-electron chi connectivity index (χ3n) is 4.46. The smallest absolute Gasteiger partial charge is 0.243 e. The number of sulfonamides is 1. The first-order chi connectivity index (χ1) is 10.8. The van der Waals surface area contributed by atoms with Gasteiger partial charge in [0.15, 0.2) is 0 Å². The molecular formula is C17H26N2O3S. The van der Waals surface area contributed by atoms with Gasteiger partial charge in [-0.2, -0.15) is 4.31 Å². The molecule has 1 fully saturated rings. The number of amides is 1. The van der Waals surface area contributed by atoms with E-state index in [4.69, 9.17) is 0 Å². The van der Waals surface area contributed by atoms with Crippen molar-refractivity contribution in [2.45, 2.75) is 45.4 Å². The maximum absolute atomic E-state index is 12.9. The minimum absolute atomic E-state index is 0.118. The molecule has 0 bridgehead atoms. The Morgan fingerprint density at radius 2 is 1.57 bits per heavy atom. The van der Waals surface area contributed by atoms with Gasteiger partial charge >= 0.3 is 0 Å². The fourth-order valence-corrected chi connectivity index (χ4v) is 4.61. The standard InChI is InChI=1S/C17H26N2O3S/c1-5-6-17(20)18-7-9-19(10-8-18)23(21,22)16-12-14(3)13(2)11-15(16)4/h11-12H,5-10H2,1-4H3. The molecule has 1 aliphatic heterocycles. The zero-order chi connectivity index (χ0) is 17.2. The van der Waals surface area contributed by atoms with Crippen LogP contribution in [0, 0.1) is 20.8 Å². The van der Waals surface area contributed by atoms with Crippen LogP contribution in [-0.4, -0.2) is 49.7 Å². The lowest BCUT2D eigenvalue weighted by molar-refractivity contribution is -0.132. The zero-order valence-corrected chi connectivity index (χ0v) is 15.2. The summed E-state index contributed by atoms with van der Waals surface area (Å²) < 4.78 is 27.3. The molecule has 1 saturated heterocycles. The summed E-state index contributed by atoms with van der Waals surface area (Å²) in [5.41, 5.74) is 2.85. The highest BCUT2D eigenvalue weighted by molar-refractivity contribution is 7.89. The molecule has 1 aliphatic rings. The van der Waals surface area contributed by atoms with Crippen molar-refractivity contribution in [2.24, 2.45) is 0 Å². The Hall–Kier alpha value is -1.40. The van der Waals surface area contributed by atoms with E-state index in [1.54, 1.807) is 11.0 Å². The van der Waals surface area contributed by atoms with Crippen LogP contribution in [0.15, 0.2) is 17.0 Å². The Labute approximate surface area is 139 Å². The average molecular weight is 338 g/mol. The summed E-state index contributed by atoms with van der Waals surface area (Å²) >= 11 is 0. The summed E-state index contributed by atoms with van der Waals surface area (Å²) in [6.45, 7) is 9.39. The Morgan fingerprint density at radius 1 is 1.00 bits per heavy atom. The Morgan fingerprint density at radius 3 is 2.13 bits per heavy atom. The average Bonchev–Trinajstić information content (AvgIpc) is 2.51. The van der Waals surface area contributed by atoms with Crippen LogP contribution in [0.3, 0.4) is 0 Å². The largest absolute Gasteiger partial charge is 0.340 e. The highest BCUT2D eigenvalue weighted by Crippen LogP contribution is 2.24. The van der Waals surface area contributed by atoms with Crippen molar-refractivity contribution in [2.75, 3.05) is 26.2 Å². The van der Waals surface area contributed by atoms with Gasteiger partial charge in [0.05, 0.1) is 4.90 Å². The van der Waals surface area contributed by atoms with E-state index in [0.29, 0.717) is 37.5 Å². The summed E-state index contributed by atoms with van der Waals surface area (Å²) in [5, 5.41) is 0. The summed E-state index contributed by atoms with van der Waals surface area (Å²) in [6.07, 6.45) is 1.35. The van der Waals surface area contributed by atoms with Crippen LogP contribution in [0.1, 0.15) is 36.5 Å². The number of carbonyl (C=O) groups is 1. The van der Waals surface area contributed by atoms with E-state index in [1.807, 2.05) is 33.8 Å². The van der Waals surface area contributed by atoms with Gasteiger partial charge in [0, 0.05) is 32.6 Å². The molecule has 128 valence electrons. The molecular weight excluding hydrogens is 312 g/mol. The quantitative estimate of drug-likeness (QED) is 0.846. The molecule has 1 heterocycles. The van der Waals surface area contributed by atoms with E-state index in [0.717, 1.165) is 23.1 Å². The first kappa shape index (κ1) is 17.9. The summed E-state index contributed by atoms with van der Waals surface area (Å²) in [5.74, 6) is 0.118. The molecule has 0 unspecified atom stereocenters. The maximum atomic E-state index is 12.9. The van der Waals surface area contributed by atoms with Gasteiger partial charge in [-0.05, 0) is 49.9 Å². The molecule has 0 saturated carbocycles. The lowest BCUT2D eigenvalue weighted by Gasteiger charge is -2.34. The van der Waals surface area contributed by atoms with Crippen LogP contribution in [0.25, 0.3) is 0 Å². The second-order valence-electron chi connectivity index (χ2n) is 6.24. The molecule has 1 aromatic carbocycles. The van der Waals surface area contributed by atoms with Crippen LogP contribution < -0.4 is 0 Å². The molecule has 0 radical (unpaired) electrons. The van der Waals surface area contributed by atoms with Gasteiger partial charge in [-0.1, -0.05) is 13.0 Å². The zero-order valence-electron chi connectivity index (χ0n) is 14.4. The second kappa shape index (κ2) is 7.01. The molecule has 0 atom stereocenters. The molecule has 2 rings (SSSR count). The summed E-state index contributed by atoms with van der Waals surface area (Å²) in [6, 6.07) is 3.68. The topological polar surface area (TPSA) is 57.7 Å². The maximum Gasteiger partial charge on any atom is 0.243 e. The Bertz CT molecular complexity index is 690. The van der Waals surface area contributed by atoms with Gasteiger partial charge in [0.2, 0.25) is 15.9 Å². The predicted molar refractivity (Wildman–Crippen MR) is 90.9 cm³/mol. The van der Waals surface area contributed by atoms with Crippen molar-refractivity contribution < 1.29 is 13.2 Å². The van der Waals surface area contributed by atoms with Gasteiger partial charge < -0.3 is 4.90 Å². The van der Waals surface area contributed by atoms with E-state index in [2.05, 4.69) is 0 Å². The number of carbonyl (C=O) groups excluding carboxylic acids is 1. The van der Waals surface area contributed by atoms with Gasteiger partial charge in [-0.25, -0.2) is 8.42 Å². The molecule has 1 aromatic rings. The number of benzene rings is 1. The van der Waals surface area contributed by atoms with E-state index in [1.165, 1.54) is 4.31 Å². The lowest BCUT2D eigenvalue weighted by Crippen LogP contribution is -2.50. The summed E-state index contributed by atoms with van der Waals surface area (Å²) in [4.78, 5) is 14.1. The Balaban J connectivity index is 2.17. The van der Waals surface area contributed by atoms with Crippen LogP contribution in [-0.2, 0) is 14.8 Å². The first-order valence-electron chi connectivity index (χ1n) is 8.13. The molecule has 1 amide bonds. The molecule has 0 N–H and O–H groups in total. The molecule has 0 aromatic heterocycles. The highest BCUT2D eigenvalue weighted by Gasteiger charge is 2.31. The molecule has 6 heteroatoms. The minimum atomic E-state index is -3.50. The lowest BCUT2D eigenvalue weighted by atomic mass is 10.1. The van der Waals surface area contributed by atoms with E-state index < -0.39 is 10.0 Å². The monoisotopic (exact) mass is 338 g/mol. The van der Waals surface area contributed by atoms with Crippen molar-refractivity contribution in [3.05, 3.63) is 28.8 Å². The third kappa shape index (κ3) is 3.75. The number of aryl methyl sites for hydroxylation is 3. The second-order valence-corrected chi connectivity index (χ2v) is 8.14. The minimum Gasteiger partial charge on any atom is -0.340 e. The highest BCUT2D eigenvalue weighted by atomic mass is 32.2. The number of hydrogen-bond donors (Lipinski definition) is 0. The fourth-order valence-electron chi connectivity index (χ4n) is 2.90. The van der Waals surface area contributed by atoms with Crippen molar-refractivity contribution in [3.8, 4) is 0 Å². The number of nitrogens with zero attached hydrogens (tertiary/aromatic N) is 2. The number of piperazine rings is 1. The molecule has 0 spiro atoms. The third-order valence-corrected chi connectivity index (χ3v) is 6.50. The fraction of sp³-hybridized carbons (Fsp3) is 0.588. The van der Waals surface area contributed by atoms with E-state index in [-0.39, 0.29) is 5.91 Å². The molecule has 5 nitrogen and oxygen atoms in total. The van der Waals surface area contributed by atoms with Crippen LogP contribution >= 0.6 is 0 Å². The molecule has 23 heavy (non-hydrogen) atoms.